The van der Waals surface area contributed by atoms with Gasteiger partial charge >= 0.3 is 0 Å². The van der Waals surface area contributed by atoms with Gasteiger partial charge in [0, 0.05) is 18.4 Å². The van der Waals surface area contributed by atoms with Crippen LogP contribution in [0.15, 0.2) is 12.4 Å². The van der Waals surface area contributed by atoms with Gasteiger partial charge in [0.2, 0.25) is 5.91 Å². The number of halogens is 1. The van der Waals surface area contributed by atoms with Gasteiger partial charge in [-0.15, -0.1) is 0 Å². The summed E-state index contributed by atoms with van der Waals surface area (Å²) in [5.41, 5.74) is 3.35. The van der Waals surface area contributed by atoms with Gasteiger partial charge in [-0.2, -0.15) is 10.2 Å². The van der Waals surface area contributed by atoms with E-state index >= 15 is 0 Å². The lowest BCUT2D eigenvalue weighted by Gasteiger charge is -2.12. The van der Waals surface area contributed by atoms with E-state index < -0.39 is 0 Å². The van der Waals surface area contributed by atoms with Gasteiger partial charge < -0.3 is 5.32 Å². The summed E-state index contributed by atoms with van der Waals surface area (Å²) < 4.78 is 1.56. The number of amides is 1. The average molecular weight is 310 g/mol. The second-order valence-electron chi connectivity index (χ2n) is 5.12. The molecule has 2 N–H and O–H groups in total. The lowest BCUT2D eigenvalue weighted by atomic mass is 10.1. The predicted octanol–water partition coefficient (Wildman–Crippen LogP) is 2.19. The number of carbonyl (C=O) groups is 1. The van der Waals surface area contributed by atoms with Crippen molar-refractivity contribution in [2.45, 2.75) is 39.7 Å². The van der Waals surface area contributed by atoms with Crippen molar-refractivity contribution in [1.29, 1.82) is 0 Å². The van der Waals surface area contributed by atoms with Crippen molar-refractivity contribution in [3.63, 3.8) is 0 Å². The summed E-state index contributed by atoms with van der Waals surface area (Å²) in [6.07, 6.45) is 4.94. The lowest BCUT2D eigenvalue weighted by molar-refractivity contribution is -0.124. The molecule has 6 nitrogen and oxygen atoms in total. The summed E-state index contributed by atoms with van der Waals surface area (Å²) >= 11 is 5.80. The van der Waals surface area contributed by atoms with Crippen molar-refractivity contribution in [2.24, 2.45) is 0 Å². The fraction of sp³-hybridized carbons (Fsp3) is 0.500. The quantitative estimate of drug-likeness (QED) is 0.803. The molecule has 0 bridgehead atoms. The monoisotopic (exact) mass is 309 g/mol. The Labute approximate surface area is 128 Å². The van der Waals surface area contributed by atoms with E-state index in [1.165, 1.54) is 11.8 Å². The molecule has 1 atom stereocenters. The minimum absolute atomic E-state index is 0.0598. The minimum atomic E-state index is -0.366. The first-order chi connectivity index (χ1) is 9.99. The van der Waals surface area contributed by atoms with E-state index in [0.717, 1.165) is 24.2 Å². The van der Waals surface area contributed by atoms with E-state index in [-0.39, 0.29) is 11.9 Å². The van der Waals surface area contributed by atoms with Gasteiger partial charge in [-0.05, 0) is 39.2 Å². The first-order valence-electron chi connectivity index (χ1n) is 6.97. The number of aromatic nitrogens is 4. The molecule has 7 heteroatoms. The molecule has 0 aliphatic carbocycles. The highest BCUT2D eigenvalue weighted by Gasteiger charge is 2.15. The van der Waals surface area contributed by atoms with Gasteiger partial charge in [-0.1, -0.05) is 11.6 Å². The summed E-state index contributed by atoms with van der Waals surface area (Å²) in [6.45, 7) is 6.42. The zero-order valence-corrected chi connectivity index (χ0v) is 13.2. The fourth-order valence-corrected chi connectivity index (χ4v) is 2.36. The molecule has 1 amide bonds. The van der Waals surface area contributed by atoms with E-state index in [1.807, 2.05) is 13.8 Å². The summed E-state index contributed by atoms with van der Waals surface area (Å²) in [5.74, 6) is -0.0598. The van der Waals surface area contributed by atoms with Crippen LogP contribution < -0.4 is 5.32 Å². The third-order valence-corrected chi connectivity index (χ3v) is 3.72. The number of nitrogens with zero attached hydrogens (tertiary/aromatic N) is 3. The van der Waals surface area contributed by atoms with Crippen LogP contribution in [-0.2, 0) is 11.2 Å². The largest absolute Gasteiger partial charge is 0.354 e. The Morgan fingerprint density at radius 3 is 2.86 bits per heavy atom. The zero-order valence-electron chi connectivity index (χ0n) is 12.5. The molecular formula is C14H20ClN5O. The Balaban J connectivity index is 1.77. The number of aryl methyl sites for hydroxylation is 2. The van der Waals surface area contributed by atoms with Gasteiger partial charge in [0.15, 0.2) is 0 Å². The second-order valence-corrected chi connectivity index (χ2v) is 5.56. The number of nitrogens with one attached hydrogen (secondary N) is 2. The Morgan fingerprint density at radius 1 is 1.52 bits per heavy atom. The number of rotatable bonds is 6. The molecule has 0 aliphatic heterocycles. The van der Waals surface area contributed by atoms with Crippen molar-refractivity contribution < 1.29 is 4.79 Å². The highest BCUT2D eigenvalue weighted by atomic mass is 35.5. The van der Waals surface area contributed by atoms with Gasteiger partial charge in [0.05, 0.1) is 16.9 Å². The fourth-order valence-electron chi connectivity index (χ4n) is 2.21. The molecule has 0 fully saturated rings. The van der Waals surface area contributed by atoms with Crippen LogP contribution in [0.2, 0.25) is 5.02 Å². The SMILES string of the molecule is Cc1n[nH]c(C)c1CCCNC(=O)[C@@H](C)n1cc(Cl)cn1. The van der Waals surface area contributed by atoms with Crippen molar-refractivity contribution in [3.8, 4) is 0 Å². The Hall–Kier alpha value is -1.82. The smallest absolute Gasteiger partial charge is 0.244 e. The van der Waals surface area contributed by atoms with Crippen LogP contribution in [-0.4, -0.2) is 32.4 Å². The first-order valence-corrected chi connectivity index (χ1v) is 7.34. The summed E-state index contributed by atoms with van der Waals surface area (Å²) in [6, 6.07) is -0.366. The predicted molar refractivity (Wildman–Crippen MR) is 81.3 cm³/mol. The van der Waals surface area contributed by atoms with Gasteiger partial charge in [-0.25, -0.2) is 0 Å². The summed E-state index contributed by atoms with van der Waals surface area (Å²) in [5, 5.41) is 14.6. The molecule has 21 heavy (non-hydrogen) atoms. The minimum Gasteiger partial charge on any atom is -0.354 e. The van der Waals surface area contributed by atoms with Crippen LogP contribution >= 0.6 is 11.6 Å². The van der Waals surface area contributed by atoms with Gasteiger partial charge in [-0.3, -0.25) is 14.6 Å². The third kappa shape index (κ3) is 3.85. The van der Waals surface area contributed by atoms with Crippen LogP contribution in [0.4, 0.5) is 0 Å². The molecule has 0 unspecified atom stereocenters. The molecule has 114 valence electrons. The highest BCUT2D eigenvalue weighted by Crippen LogP contribution is 2.12. The third-order valence-electron chi connectivity index (χ3n) is 3.53. The topological polar surface area (TPSA) is 75.6 Å². The molecule has 2 heterocycles. The number of carbonyl (C=O) groups excluding carboxylic acids is 1. The molecular weight excluding hydrogens is 290 g/mol. The van der Waals surface area contributed by atoms with Crippen LogP contribution in [0.25, 0.3) is 0 Å². The Bertz CT molecular complexity index is 599. The molecule has 2 aromatic rings. The molecule has 0 spiro atoms. The van der Waals surface area contributed by atoms with Crippen LogP contribution in [0.5, 0.6) is 0 Å². The molecule has 0 aliphatic rings. The molecule has 0 saturated carbocycles. The first kappa shape index (κ1) is 15.6. The molecule has 2 rings (SSSR count). The van der Waals surface area contributed by atoms with E-state index in [4.69, 9.17) is 11.6 Å². The molecule has 0 saturated heterocycles. The van der Waals surface area contributed by atoms with E-state index in [0.29, 0.717) is 11.6 Å². The summed E-state index contributed by atoms with van der Waals surface area (Å²) in [4.78, 5) is 12.0. The molecule has 0 aromatic carbocycles. The van der Waals surface area contributed by atoms with E-state index in [1.54, 1.807) is 17.8 Å². The standard InChI is InChI=1S/C14H20ClN5O/c1-9-13(10(2)19-18-9)5-4-6-16-14(21)11(3)20-8-12(15)7-17-20/h7-8,11H,4-6H2,1-3H3,(H,16,21)(H,18,19)/t11-/m1/s1. The number of H-pyrrole nitrogens is 1. The average Bonchev–Trinajstić information content (AvgIpc) is 3.02. The van der Waals surface area contributed by atoms with Crippen LogP contribution in [0.3, 0.4) is 0 Å². The second kappa shape index (κ2) is 6.76. The maximum absolute atomic E-state index is 12.0. The van der Waals surface area contributed by atoms with Crippen molar-refractivity contribution in [1.82, 2.24) is 25.3 Å². The lowest BCUT2D eigenvalue weighted by Crippen LogP contribution is -2.32. The summed E-state index contributed by atoms with van der Waals surface area (Å²) in [7, 11) is 0. The maximum Gasteiger partial charge on any atom is 0.244 e. The van der Waals surface area contributed by atoms with Gasteiger partial charge in [0.25, 0.3) is 0 Å². The van der Waals surface area contributed by atoms with Crippen molar-refractivity contribution in [3.05, 3.63) is 34.4 Å². The highest BCUT2D eigenvalue weighted by molar-refractivity contribution is 6.30. The molecule has 0 radical (unpaired) electrons. The number of hydrogen-bond acceptors (Lipinski definition) is 3. The van der Waals surface area contributed by atoms with Crippen molar-refractivity contribution in [2.75, 3.05) is 6.54 Å². The molecule has 2 aromatic heterocycles. The van der Waals surface area contributed by atoms with E-state index in [2.05, 4.69) is 20.6 Å². The Kier molecular flexibility index (Phi) is 5.01. The van der Waals surface area contributed by atoms with E-state index in [9.17, 15) is 4.79 Å². The number of hydrogen-bond donors (Lipinski definition) is 2. The van der Waals surface area contributed by atoms with Gasteiger partial charge in [0.1, 0.15) is 6.04 Å². The zero-order chi connectivity index (χ0) is 15.4. The normalized spacial score (nSPS) is 12.4. The Morgan fingerprint density at radius 2 is 2.29 bits per heavy atom. The maximum atomic E-state index is 12.0. The van der Waals surface area contributed by atoms with Crippen LogP contribution in [0.1, 0.15) is 36.3 Å². The van der Waals surface area contributed by atoms with Crippen molar-refractivity contribution >= 4 is 17.5 Å². The van der Waals surface area contributed by atoms with Crippen LogP contribution in [0, 0.1) is 13.8 Å². The number of aromatic amines is 1.